The first-order valence-electron chi connectivity index (χ1n) is 9.77. The maximum Gasteiger partial charge on any atom is 0.335 e. The second-order valence-electron chi connectivity index (χ2n) is 7.09. The van der Waals surface area contributed by atoms with Crippen molar-refractivity contribution in [2.24, 2.45) is 5.10 Å². The number of carbonyl (C=O) groups excluding carboxylic acids is 1. The molecule has 3 aromatic carbocycles. The highest BCUT2D eigenvalue weighted by Gasteiger charge is 2.14. The molecular weight excluding hydrogens is 636 g/mol. The number of fused-ring (bicyclic) bond motifs is 1. The summed E-state index contributed by atoms with van der Waals surface area (Å²) in [5, 5.41) is 13.8. The summed E-state index contributed by atoms with van der Waals surface area (Å²) in [6.07, 6.45) is 1.47. The van der Waals surface area contributed by atoms with Gasteiger partial charge in [-0.05, 0) is 70.0 Å². The van der Waals surface area contributed by atoms with Crippen molar-refractivity contribution in [1.82, 2.24) is 5.43 Å². The van der Waals surface area contributed by atoms with Crippen molar-refractivity contribution >= 4 is 76.9 Å². The Morgan fingerprint density at radius 1 is 1.00 bits per heavy atom. The van der Waals surface area contributed by atoms with Crippen LogP contribution in [0.3, 0.4) is 0 Å². The van der Waals surface area contributed by atoms with E-state index in [0.29, 0.717) is 16.9 Å². The third-order valence-corrected chi connectivity index (χ3v) is 6.24. The highest BCUT2D eigenvalue weighted by Crippen LogP contribution is 2.31. The van der Waals surface area contributed by atoms with Crippen LogP contribution in [0.15, 0.2) is 83.6 Å². The van der Waals surface area contributed by atoms with Gasteiger partial charge >= 0.3 is 11.9 Å². The Balaban J connectivity index is 1.45. The van der Waals surface area contributed by atoms with Crippen LogP contribution in [0.5, 0.6) is 5.75 Å². The summed E-state index contributed by atoms with van der Waals surface area (Å²) < 4.78 is 13.9. The number of aromatic carboxylic acids is 1. The Labute approximate surface area is 219 Å². The fourth-order valence-corrected chi connectivity index (χ4v) is 4.78. The molecule has 0 aliphatic rings. The van der Waals surface area contributed by atoms with Gasteiger partial charge in [-0.15, -0.1) is 0 Å². The molecule has 34 heavy (non-hydrogen) atoms. The number of furan rings is 1. The summed E-state index contributed by atoms with van der Waals surface area (Å²) in [6, 6.07) is 17.2. The maximum atomic E-state index is 12.5. The van der Waals surface area contributed by atoms with E-state index < -0.39 is 11.9 Å². The minimum absolute atomic E-state index is 0.126. The number of halogens is 3. The van der Waals surface area contributed by atoms with Crippen LogP contribution in [0.4, 0.5) is 0 Å². The number of ether oxygens (including phenoxy) is 1. The molecule has 7 nitrogen and oxygen atoms in total. The zero-order chi connectivity index (χ0) is 24.2. The van der Waals surface area contributed by atoms with E-state index in [1.807, 2.05) is 18.2 Å². The van der Waals surface area contributed by atoms with Gasteiger partial charge in [0.2, 0.25) is 0 Å². The molecule has 0 aliphatic heterocycles. The number of amides is 1. The Morgan fingerprint density at radius 2 is 1.76 bits per heavy atom. The van der Waals surface area contributed by atoms with Gasteiger partial charge in [-0.3, -0.25) is 4.79 Å². The molecule has 0 unspecified atom stereocenters. The van der Waals surface area contributed by atoms with Gasteiger partial charge in [0.25, 0.3) is 0 Å². The number of nitrogens with zero attached hydrogens (tertiary/aromatic N) is 1. The number of carboxylic acids is 1. The fraction of sp³-hybridized carbons (Fsp3) is 0.0417. The number of carbonyl (C=O) groups is 2. The van der Waals surface area contributed by atoms with E-state index in [4.69, 9.17) is 14.3 Å². The van der Waals surface area contributed by atoms with Gasteiger partial charge < -0.3 is 14.3 Å². The zero-order valence-electron chi connectivity index (χ0n) is 17.2. The molecule has 0 saturated heterocycles. The van der Waals surface area contributed by atoms with E-state index in [1.54, 1.807) is 30.3 Å². The van der Waals surface area contributed by atoms with Crippen molar-refractivity contribution in [1.29, 1.82) is 0 Å². The van der Waals surface area contributed by atoms with E-state index in [-0.39, 0.29) is 17.9 Å². The number of hydrogen-bond acceptors (Lipinski definition) is 5. The molecule has 0 fully saturated rings. The number of carboxylic acid groups (broad SMARTS) is 1. The highest BCUT2D eigenvalue weighted by molar-refractivity contribution is 9.11. The van der Waals surface area contributed by atoms with Crippen molar-refractivity contribution in [2.75, 3.05) is 0 Å². The maximum absolute atomic E-state index is 12.5. The lowest BCUT2D eigenvalue weighted by molar-refractivity contribution is 0.0696. The molecule has 4 rings (SSSR count). The summed E-state index contributed by atoms with van der Waals surface area (Å²) in [5.41, 5.74) is 4.68. The summed E-state index contributed by atoms with van der Waals surface area (Å²) >= 11 is 10.3. The van der Waals surface area contributed by atoms with Crippen molar-refractivity contribution in [2.45, 2.75) is 6.61 Å². The minimum Gasteiger partial charge on any atom is -0.488 e. The van der Waals surface area contributed by atoms with E-state index in [0.717, 1.165) is 24.4 Å². The lowest BCUT2D eigenvalue weighted by Crippen LogP contribution is -2.16. The molecule has 0 spiro atoms. The highest BCUT2D eigenvalue weighted by atomic mass is 79.9. The van der Waals surface area contributed by atoms with Crippen molar-refractivity contribution < 1.29 is 23.8 Å². The van der Waals surface area contributed by atoms with Crippen LogP contribution >= 0.6 is 47.8 Å². The summed E-state index contributed by atoms with van der Waals surface area (Å²) in [4.78, 5) is 23.5. The van der Waals surface area contributed by atoms with Gasteiger partial charge in [0.15, 0.2) is 5.76 Å². The van der Waals surface area contributed by atoms with Gasteiger partial charge in [-0.2, -0.15) is 5.10 Å². The molecule has 0 aliphatic carbocycles. The number of nitrogens with one attached hydrogen (secondary N) is 1. The van der Waals surface area contributed by atoms with E-state index >= 15 is 0 Å². The van der Waals surface area contributed by atoms with Gasteiger partial charge in [0, 0.05) is 19.9 Å². The average Bonchev–Trinajstić information content (AvgIpc) is 3.23. The van der Waals surface area contributed by atoms with Crippen LogP contribution in [0.2, 0.25) is 0 Å². The second kappa shape index (κ2) is 10.5. The lowest BCUT2D eigenvalue weighted by atomic mass is 10.1. The standard InChI is InChI=1S/C24H15Br3N2O5/c25-17-5-6-20(33-12-13-1-3-14(4-2-13)24(31)32)16(8-17)11-28-29-23(30)21-9-15-7-18(26)10-19(27)22(15)34-21/h1-11H,12H2,(H,29,30)(H,31,32)/b28-11-. The Kier molecular flexibility index (Phi) is 7.50. The molecule has 1 amide bonds. The van der Waals surface area contributed by atoms with Crippen LogP contribution < -0.4 is 10.2 Å². The summed E-state index contributed by atoms with van der Waals surface area (Å²) in [6.45, 7) is 0.234. The number of hydrogen-bond donors (Lipinski definition) is 2. The van der Waals surface area contributed by atoms with Crippen molar-refractivity contribution in [3.05, 3.63) is 96.5 Å². The van der Waals surface area contributed by atoms with E-state index in [1.165, 1.54) is 18.3 Å². The van der Waals surface area contributed by atoms with Crippen LogP contribution in [0.25, 0.3) is 11.0 Å². The first-order valence-corrected chi connectivity index (χ1v) is 12.1. The lowest BCUT2D eigenvalue weighted by Gasteiger charge is -2.10. The topological polar surface area (TPSA) is 101 Å². The molecule has 2 N–H and O–H groups in total. The van der Waals surface area contributed by atoms with E-state index in [9.17, 15) is 9.59 Å². The van der Waals surface area contributed by atoms with E-state index in [2.05, 4.69) is 58.3 Å². The number of hydrazone groups is 1. The first-order chi connectivity index (χ1) is 16.3. The molecule has 0 bridgehead atoms. The molecule has 172 valence electrons. The molecule has 10 heteroatoms. The molecule has 4 aromatic rings. The summed E-state index contributed by atoms with van der Waals surface area (Å²) in [5.74, 6) is -0.807. The minimum atomic E-state index is -0.982. The average molecular weight is 651 g/mol. The number of rotatable bonds is 7. The quantitative estimate of drug-likeness (QED) is 0.170. The largest absolute Gasteiger partial charge is 0.488 e. The predicted molar refractivity (Wildman–Crippen MR) is 139 cm³/mol. The Morgan fingerprint density at radius 3 is 2.50 bits per heavy atom. The van der Waals surface area contributed by atoms with Gasteiger partial charge in [0.1, 0.15) is 17.9 Å². The third-order valence-electron chi connectivity index (χ3n) is 4.70. The zero-order valence-corrected chi connectivity index (χ0v) is 22.0. The van der Waals surface area contributed by atoms with Crippen LogP contribution in [0, 0.1) is 0 Å². The molecule has 0 saturated carbocycles. The van der Waals surface area contributed by atoms with Crippen LogP contribution in [-0.2, 0) is 6.61 Å². The molecule has 0 radical (unpaired) electrons. The normalized spacial score (nSPS) is 11.1. The smallest absolute Gasteiger partial charge is 0.335 e. The van der Waals surface area contributed by atoms with Crippen molar-refractivity contribution in [3.63, 3.8) is 0 Å². The predicted octanol–water partition coefficient (Wildman–Crippen LogP) is 6.76. The van der Waals surface area contributed by atoms with Gasteiger partial charge in [0.05, 0.1) is 16.3 Å². The Hall–Kier alpha value is -2.95. The van der Waals surface area contributed by atoms with Gasteiger partial charge in [-0.25, -0.2) is 10.2 Å². The third kappa shape index (κ3) is 5.75. The molecule has 1 aromatic heterocycles. The van der Waals surface area contributed by atoms with Crippen molar-refractivity contribution in [3.8, 4) is 5.75 Å². The fourth-order valence-electron chi connectivity index (χ4n) is 3.06. The monoisotopic (exact) mass is 648 g/mol. The number of benzene rings is 3. The van der Waals surface area contributed by atoms with Gasteiger partial charge in [-0.1, -0.05) is 44.0 Å². The van der Waals surface area contributed by atoms with Crippen LogP contribution in [-0.4, -0.2) is 23.2 Å². The SMILES string of the molecule is O=C(O)c1ccc(COc2ccc(Br)cc2/C=N\NC(=O)c2cc3cc(Br)cc(Br)c3o2)cc1. The summed E-state index contributed by atoms with van der Waals surface area (Å²) in [7, 11) is 0. The van der Waals surface area contributed by atoms with Crippen LogP contribution in [0.1, 0.15) is 32.0 Å². The first kappa shape index (κ1) is 24.2. The second-order valence-corrected chi connectivity index (χ2v) is 9.77. The molecule has 0 atom stereocenters. The molecule has 1 heterocycles. The Bertz CT molecular complexity index is 1410. The molecular formula is C24H15Br3N2O5.